The zero-order valence-corrected chi connectivity index (χ0v) is 8.28. The maximum Gasteiger partial charge on any atom is 0.119 e. The van der Waals surface area contributed by atoms with Crippen LogP contribution < -0.4 is 5.14 Å². The predicted octanol–water partition coefficient (Wildman–Crippen LogP) is 0.914. The Bertz CT molecular complexity index is 260. The number of hydrogen-bond acceptors (Lipinski definition) is 5. The maximum absolute atomic E-state index is 9.61. The lowest BCUT2D eigenvalue weighted by atomic mass is 10.1. The van der Waals surface area contributed by atoms with Crippen LogP contribution in [0.15, 0.2) is 16.3 Å². The topological polar surface area (TPSA) is 66.5 Å². The summed E-state index contributed by atoms with van der Waals surface area (Å²) in [6.45, 7) is 1.30. The van der Waals surface area contributed by atoms with Crippen LogP contribution in [0.25, 0.3) is 0 Å². The minimum Gasteiger partial charge on any atom is -0.393 e. The minimum atomic E-state index is -1.14. The lowest BCUT2D eigenvalue weighted by molar-refractivity contribution is 0.000792. The normalized spacial score (nSPS) is 16.0. The SMILES string of the molecule is CC(O)(CO)c1ccc(SN)s1. The fourth-order valence-electron chi connectivity index (χ4n) is 0.751. The van der Waals surface area contributed by atoms with Crippen molar-refractivity contribution in [2.75, 3.05) is 6.61 Å². The van der Waals surface area contributed by atoms with Crippen LogP contribution in [0.4, 0.5) is 0 Å². The van der Waals surface area contributed by atoms with Crippen molar-refractivity contribution in [2.24, 2.45) is 5.14 Å². The third-order valence-electron chi connectivity index (χ3n) is 1.54. The van der Waals surface area contributed by atoms with Crippen molar-refractivity contribution in [2.45, 2.75) is 16.7 Å². The smallest absolute Gasteiger partial charge is 0.119 e. The molecule has 0 aromatic carbocycles. The van der Waals surface area contributed by atoms with Crippen LogP contribution in [-0.4, -0.2) is 16.8 Å². The van der Waals surface area contributed by atoms with Gasteiger partial charge in [-0.25, -0.2) is 0 Å². The summed E-state index contributed by atoms with van der Waals surface area (Å²) in [4.78, 5) is 0.734. The highest BCUT2D eigenvalue weighted by molar-refractivity contribution is 7.99. The summed E-state index contributed by atoms with van der Waals surface area (Å²) >= 11 is 2.53. The number of aliphatic hydroxyl groups excluding tert-OH is 1. The first-order valence-electron chi connectivity index (χ1n) is 3.40. The molecule has 0 fully saturated rings. The van der Waals surface area contributed by atoms with E-state index >= 15 is 0 Å². The van der Waals surface area contributed by atoms with Crippen molar-refractivity contribution in [1.82, 2.24) is 0 Å². The second kappa shape index (κ2) is 3.76. The second-order valence-electron chi connectivity index (χ2n) is 2.67. The molecule has 0 bridgehead atoms. The Balaban J connectivity index is 2.88. The van der Waals surface area contributed by atoms with Crippen molar-refractivity contribution in [3.8, 4) is 0 Å². The van der Waals surface area contributed by atoms with Gasteiger partial charge in [0.1, 0.15) is 5.60 Å². The number of aliphatic hydroxyl groups is 2. The highest BCUT2D eigenvalue weighted by Gasteiger charge is 2.23. The van der Waals surface area contributed by atoms with E-state index in [1.54, 1.807) is 13.0 Å². The predicted molar refractivity (Wildman–Crippen MR) is 51.0 cm³/mol. The molecule has 0 aliphatic heterocycles. The van der Waals surface area contributed by atoms with Gasteiger partial charge in [0.2, 0.25) is 0 Å². The molecule has 1 aromatic heterocycles. The lowest BCUT2D eigenvalue weighted by Gasteiger charge is -2.17. The van der Waals surface area contributed by atoms with E-state index in [-0.39, 0.29) is 6.61 Å². The molecule has 3 nitrogen and oxygen atoms in total. The lowest BCUT2D eigenvalue weighted by Crippen LogP contribution is -2.24. The Morgan fingerprint density at radius 2 is 2.33 bits per heavy atom. The van der Waals surface area contributed by atoms with Gasteiger partial charge >= 0.3 is 0 Å². The van der Waals surface area contributed by atoms with Crippen molar-refractivity contribution in [3.05, 3.63) is 17.0 Å². The van der Waals surface area contributed by atoms with Crippen LogP contribution in [-0.2, 0) is 5.60 Å². The van der Waals surface area contributed by atoms with E-state index in [2.05, 4.69) is 0 Å². The third kappa shape index (κ3) is 1.99. The molecule has 0 amide bonds. The molecule has 5 heteroatoms. The van der Waals surface area contributed by atoms with E-state index in [4.69, 9.17) is 10.2 Å². The number of rotatable bonds is 3. The quantitative estimate of drug-likeness (QED) is 0.642. The standard InChI is InChI=1S/C7H11NO2S2/c1-7(10,4-9)5-2-3-6(11-5)12-8/h2-3,9-10H,4,8H2,1H3. The molecule has 1 rings (SSSR count). The zero-order chi connectivity index (χ0) is 9.19. The van der Waals surface area contributed by atoms with E-state index in [1.165, 1.54) is 11.3 Å². The van der Waals surface area contributed by atoms with Gasteiger partial charge in [-0.05, 0) is 31.0 Å². The fraction of sp³-hybridized carbons (Fsp3) is 0.429. The summed E-state index contributed by atoms with van der Waals surface area (Å²) in [6.07, 6.45) is 0. The van der Waals surface area contributed by atoms with E-state index in [1.807, 2.05) is 6.07 Å². The van der Waals surface area contributed by atoms with Gasteiger partial charge in [-0.3, -0.25) is 5.14 Å². The molecule has 1 atom stereocenters. The Labute approximate surface area is 79.4 Å². The summed E-state index contributed by atoms with van der Waals surface area (Å²) < 4.78 is 0.929. The average molecular weight is 205 g/mol. The van der Waals surface area contributed by atoms with E-state index in [9.17, 15) is 5.11 Å². The van der Waals surface area contributed by atoms with Gasteiger partial charge in [0.15, 0.2) is 0 Å². The van der Waals surface area contributed by atoms with Gasteiger partial charge in [-0.15, -0.1) is 11.3 Å². The first kappa shape index (κ1) is 10.0. The van der Waals surface area contributed by atoms with Crippen molar-refractivity contribution >= 4 is 23.3 Å². The van der Waals surface area contributed by atoms with E-state index in [0.717, 1.165) is 21.0 Å². The largest absolute Gasteiger partial charge is 0.393 e. The van der Waals surface area contributed by atoms with Crippen LogP contribution in [0.1, 0.15) is 11.8 Å². The van der Waals surface area contributed by atoms with Gasteiger partial charge in [0.25, 0.3) is 0 Å². The van der Waals surface area contributed by atoms with Crippen LogP contribution in [0.5, 0.6) is 0 Å². The molecule has 0 saturated heterocycles. The molecular formula is C7H11NO2S2. The maximum atomic E-state index is 9.61. The first-order valence-corrected chi connectivity index (χ1v) is 5.10. The summed E-state index contributed by atoms with van der Waals surface area (Å²) in [5.74, 6) is 0. The molecule has 0 aliphatic rings. The molecule has 0 saturated carbocycles. The molecule has 1 heterocycles. The van der Waals surface area contributed by atoms with Gasteiger partial charge in [-0.1, -0.05) is 0 Å². The van der Waals surface area contributed by atoms with Gasteiger partial charge in [0, 0.05) is 4.88 Å². The van der Waals surface area contributed by atoms with Crippen LogP contribution in [0.2, 0.25) is 0 Å². The summed E-state index contributed by atoms with van der Waals surface area (Å²) in [7, 11) is 0. The number of nitrogens with two attached hydrogens (primary N) is 1. The molecule has 0 spiro atoms. The number of hydrogen-bond donors (Lipinski definition) is 3. The van der Waals surface area contributed by atoms with Crippen molar-refractivity contribution < 1.29 is 10.2 Å². The summed E-state index contributed by atoms with van der Waals surface area (Å²) in [5.41, 5.74) is -1.14. The van der Waals surface area contributed by atoms with Gasteiger partial charge < -0.3 is 10.2 Å². The highest BCUT2D eigenvalue weighted by atomic mass is 32.2. The van der Waals surface area contributed by atoms with Crippen LogP contribution in [0, 0.1) is 0 Å². The molecule has 4 N–H and O–H groups in total. The van der Waals surface area contributed by atoms with Crippen LogP contribution in [0.3, 0.4) is 0 Å². The average Bonchev–Trinajstić information content (AvgIpc) is 2.52. The van der Waals surface area contributed by atoms with E-state index in [0.29, 0.717) is 0 Å². The van der Waals surface area contributed by atoms with Gasteiger partial charge in [0.05, 0.1) is 10.8 Å². The Kier molecular flexibility index (Phi) is 3.14. The second-order valence-corrected chi connectivity index (χ2v) is 4.69. The van der Waals surface area contributed by atoms with Crippen LogP contribution >= 0.6 is 23.3 Å². The first-order chi connectivity index (χ1) is 5.60. The Morgan fingerprint density at radius 3 is 2.75 bits per heavy atom. The number of thiophene rings is 1. The highest BCUT2D eigenvalue weighted by Crippen LogP contribution is 2.31. The fourth-order valence-corrected chi connectivity index (χ4v) is 2.13. The minimum absolute atomic E-state index is 0.276. The molecule has 12 heavy (non-hydrogen) atoms. The van der Waals surface area contributed by atoms with E-state index < -0.39 is 5.60 Å². The zero-order valence-electron chi connectivity index (χ0n) is 6.65. The monoisotopic (exact) mass is 205 g/mol. The Hall–Kier alpha value is -0.0700. The molecular weight excluding hydrogens is 194 g/mol. The molecule has 1 unspecified atom stereocenters. The molecule has 68 valence electrons. The Morgan fingerprint density at radius 1 is 1.67 bits per heavy atom. The molecule has 1 aromatic rings. The summed E-state index contributed by atoms with van der Waals surface area (Å²) in [6, 6.07) is 3.60. The third-order valence-corrected chi connectivity index (χ3v) is 3.58. The molecule has 0 aliphatic carbocycles. The van der Waals surface area contributed by atoms with Crippen molar-refractivity contribution in [1.29, 1.82) is 0 Å². The van der Waals surface area contributed by atoms with Gasteiger partial charge in [-0.2, -0.15) is 0 Å². The molecule has 0 radical (unpaired) electrons. The van der Waals surface area contributed by atoms with Crippen molar-refractivity contribution in [3.63, 3.8) is 0 Å². The summed E-state index contributed by atoms with van der Waals surface area (Å²) in [5, 5.41) is 23.8.